The molecule has 0 aromatic rings. The van der Waals surface area contributed by atoms with Gasteiger partial charge in [0.05, 0.1) is 0 Å². The van der Waals surface area contributed by atoms with Gasteiger partial charge in [0.1, 0.15) is 23.7 Å². The minimum Gasteiger partial charge on any atom is -0.477 e. The summed E-state index contributed by atoms with van der Waals surface area (Å²) in [5.74, 6) is -5.34. The summed E-state index contributed by atoms with van der Waals surface area (Å²) in [5.41, 5.74) is -0.296. The molecule has 0 unspecified atom stereocenters. The molecule has 2 amide bonds. The third-order valence-electron chi connectivity index (χ3n) is 3.24. The van der Waals surface area contributed by atoms with Crippen LogP contribution in [0.1, 0.15) is 6.92 Å². The average Bonchev–Trinajstić information content (AvgIpc) is 2.47. The number of carbonyl (C=O) groups is 4. The van der Waals surface area contributed by atoms with Crippen molar-refractivity contribution in [2.45, 2.75) is 24.5 Å². The van der Waals surface area contributed by atoms with E-state index in [-0.39, 0.29) is 17.9 Å². The Morgan fingerprint density at radius 3 is 2.54 bits per heavy atom. The molecule has 0 bridgehead atoms. The van der Waals surface area contributed by atoms with Crippen LogP contribution in [-0.4, -0.2) is 63.7 Å². The minimum atomic E-state index is -5.15. The number of nitrogens with one attached hydrogen (secondary N) is 1. The second kappa shape index (κ2) is 6.34. The van der Waals surface area contributed by atoms with Crippen LogP contribution in [0.25, 0.3) is 0 Å². The van der Waals surface area contributed by atoms with Gasteiger partial charge in [0.15, 0.2) is 0 Å². The number of carbonyl (C=O) groups excluding carboxylic acids is 3. The fourth-order valence-electron chi connectivity index (χ4n) is 2.21. The van der Waals surface area contributed by atoms with Crippen LogP contribution in [0, 0.1) is 0 Å². The number of amides is 2. The van der Waals surface area contributed by atoms with Crippen molar-refractivity contribution in [3.05, 3.63) is 11.3 Å². The van der Waals surface area contributed by atoms with Crippen LogP contribution in [0.3, 0.4) is 0 Å². The molecule has 2 aliphatic rings. The fourth-order valence-corrected chi connectivity index (χ4v) is 3.53. The van der Waals surface area contributed by atoms with Gasteiger partial charge in [-0.3, -0.25) is 19.3 Å². The first-order valence-electron chi connectivity index (χ1n) is 6.45. The van der Waals surface area contributed by atoms with Crippen LogP contribution in [0.4, 0.5) is 13.2 Å². The molecule has 2 atom stereocenters. The van der Waals surface area contributed by atoms with E-state index in [0.29, 0.717) is 0 Å². The zero-order chi connectivity index (χ0) is 18.2. The number of hydrogen-bond donors (Lipinski definition) is 2. The van der Waals surface area contributed by atoms with Gasteiger partial charge >= 0.3 is 24.0 Å². The number of fused-ring (bicyclic) bond motifs is 1. The summed E-state index contributed by atoms with van der Waals surface area (Å²) in [5, 5.41) is 9.83. The van der Waals surface area contributed by atoms with Gasteiger partial charge in [-0.05, 0) is 0 Å². The summed E-state index contributed by atoms with van der Waals surface area (Å²) in [6.45, 7) is 0.775. The lowest BCUT2D eigenvalue weighted by Crippen LogP contribution is -2.71. The predicted octanol–water partition coefficient (Wildman–Crippen LogP) is -0.150. The molecule has 0 aromatic heterocycles. The van der Waals surface area contributed by atoms with Crippen molar-refractivity contribution in [1.29, 1.82) is 0 Å². The summed E-state index contributed by atoms with van der Waals surface area (Å²) < 4.78 is 41.5. The highest BCUT2D eigenvalue weighted by Gasteiger charge is 2.56. The van der Waals surface area contributed by atoms with E-state index in [0.717, 1.165) is 23.6 Å². The molecule has 0 aromatic carbocycles. The molecule has 24 heavy (non-hydrogen) atoms. The van der Waals surface area contributed by atoms with Gasteiger partial charge < -0.3 is 15.2 Å². The average molecular weight is 368 g/mol. The molecule has 2 heterocycles. The Hall–Kier alpha value is -2.24. The number of esters is 1. The SMILES string of the molecule is CC(=O)OCC1=C(C(=O)O)N2C(=O)[C@@H](NC(=O)C(F)(F)F)[C@H]2SC1. The van der Waals surface area contributed by atoms with Crippen molar-refractivity contribution < 1.29 is 42.2 Å². The number of hydrogen-bond acceptors (Lipinski definition) is 6. The lowest BCUT2D eigenvalue weighted by molar-refractivity contribution is -0.177. The lowest BCUT2D eigenvalue weighted by Gasteiger charge is -2.49. The second-order valence-corrected chi connectivity index (χ2v) is 6.00. The smallest absolute Gasteiger partial charge is 0.471 e. The van der Waals surface area contributed by atoms with Crippen LogP contribution in [0.2, 0.25) is 0 Å². The number of carboxylic acids is 1. The highest BCUT2D eigenvalue weighted by atomic mass is 32.2. The monoisotopic (exact) mass is 368 g/mol. The maximum atomic E-state index is 12.3. The zero-order valence-electron chi connectivity index (χ0n) is 12.0. The summed E-state index contributed by atoms with van der Waals surface area (Å²) in [4.78, 5) is 45.9. The van der Waals surface area contributed by atoms with Gasteiger partial charge in [-0.2, -0.15) is 13.2 Å². The van der Waals surface area contributed by atoms with Gasteiger partial charge in [0.25, 0.3) is 5.91 Å². The highest BCUT2D eigenvalue weighted by molar-refractivity contribution is 8.00. The van der Waals surface area contributed by atoms with Crippen molar-refractivity contribution in [2.75, 3.05) is 12.4 Å². The molecule has 8 nitrogen and oxygen atoms in total. The Balaban J connectivity index is 2.18. The third kappa shape index (κ3) is 3.32. The van der Waals surface area contributed by atoms with Crippen LogP contribution < -0.4 is 5.32 Å². The van der Waals surface area contributed by atoms with Gasteiger partial charge in [-0.1, -0.05) is 0 Å². The molecule has 1 saturated heterocycles. The quantitative estimate of drug-likeness (QED) is 0.524. The van der Waals surface area contributed by atoms with E-state index in [2.05, 4.69) is 0 Å². The lowest BCUT2D eigenvalue weighted by atomic mass is 10.0. The maximum absolute atomic E-state index is 12.3. The molecule has 0 aliphatic carbocycles. The van der Waals surface area contributed by atoms with Crippen molar-refractivity contribution in [3.63, 3.8) is 0 Å². The van der Waals surface area contributed by atoms with Crippen molar-refractivity contribution in [2.24, 2.45) is 0 Å². The van der Waals surface area contributed by atoms with Crippen molar-refractivity contribution >= 4 is 35.5 Å². The molecule has 2 rings (SSSR count). The first kappa shape index (κ1) is 18.1. The largest absolute Gasteiger partial charge is 0.477 e. The number of carboxylic acid groups (broad SMARTS) is 1. The molecule has 132 valence electrons. The van der Waals surface area contributed by atoms with Gasteiger partial charge in [-0.25, -0.2) is 4.79 Å². The molecular weight excluding hydrogens is 357 g/mol. The Morgan fingerprint density at radius 1 is 1.42 bits per heavy atom. The molecule has 0 radical (unpaired) electrons. The normalized spacial score (nSPS) is 23.3. The summed E-state index contributed by atoms with van der Waals surface area (Å²) in [7, 11) is 0. The van der Waals surface area contributed by atoms with E-state index >= 15 is 0 Å². The first-order chi connectivity index (χ1) is 11.0. The van der Waals surface area contributed by atoms with E-state index in [4.69, 9.17) is 4.74 Å². The van der Waals surface area contributed by atoms with E-state index in [1.807, 2.05) is 0 Å². The molecule has 1 fully saturated rings. The van der Waals surface area contributed by atoms with E-state index < -0.39 is 47.0 Å². The van der Waals surface area contributed by atoms with Crippen LogP contribution in [-0.2, 0) is 23.9 Å². The summed E-state index contributed by atoms with van der Waals surface area (Å²) in [6, 6.07) is -1.46. The minimum absolute atomic E-state index is 0.0295. The van der Waals surface area contributed by atoms with Crippen LogP contribution >= 0.6 is 11.8 Å². The molecule has 2 aliphatic heterocycles. The Kier molecular flexibility index (Phi) is 4.78. The van der Waals surface area contributed by atoms with Crippen molar-refractivity contribution in [1.82, 2.24) is 10.2 Å². The Morgan fingerprint density at radius 2 is 2.04 bits per heavy atom. The molecule has 0 spiro atoms. The zero-order valence-corrected chi connectivity index (χ0v) is 12.9. The van der Waals surface area contributed by atoms with Crippen LogP contribution in [0.5, 0.6) is 0 Å². The number of ether oxygens (including phenoxy) is 1. The molecule has 12 heteroatoms. The Labute approximate surface area is 137 Å². The van der Waals surface area contributed by atoms with E-state index in [9.17, 15) is 37.5 Å². The van der Waals surface area contributed by atoms with E-state index in [1.54, 1.807) is 5.32 Å². The summed E-state index contributed by atoms with van der Waals surface area (Å²) in [6.07, 6.45) is -5.15. The third-order valence-corrected chi connectivity index (χ3v) is 4.58. The Bertz CT molecular complexity index is 647. The van der Waals surface area contributed by atoms with Gasteiger partial charge in [-0.15, -0.1) is 11.8 Å². The van der Waals surface area contributed by atoms with Crippen molar-refractivity contribution in [3.8, 4) is 0 Å². The standard InChI is InChI=1S/C12H11F3N2O6S/c1-4(18)23-2-5-3-24-9-6(16-11(22)12(13,14)15)8(19)17(9)7(5)10(20)21/h6,9H,2-3H2,1H3,(H,16,22)(H,20,21)/t6-,9-/m1/s1. The maximum Gasteiger partial charge on any atom is 0.471 e. The number of aliphatic carboxylic acids is 1. The topological polar surface area (TPSA) is 113 Å². The summed E-state index contributed by atoms with van der Waals surface area (Å²) >= 11 is 0.969. The molecular formula is C12H11F3N2O6S. The van der Waals surface area contributed by atoms with E-state index in [1.165, 1.54) is 0 Å². The second-order valence-electron chi connectivity index (χ2n) is 4.90. The van der Waals surface area contributed by atoms with Gasteiger partial charge in [0.2, 0.25) is 0 Å². The highest BCUT2D eigenvalue weighted by Crippen LogP contribution is 2.40. The molecule has 0 saturated carbocycles. The number of β-lactam (4-membered cyclic amide) rings is 1. The fraction of sp³-hybridized carbons (Fsp3) is 0.500. The predicted molar refractivity (Wildman–Crippen MR) is 72.4 cm³/mol. The number of halogens is 3. The number of rotatable bonds is 4. The molecule has 2 N–H and O–H groups in total. The number of nitrogens with zero attached hydrogens (tertiary/aromatic N) is 1. The van der Waals surface area contributed by atoms with Crippen LogP contribution in [0.15, 0.2) is 11.3 Å². The number of alkyl halides is 3. The number of thioether (sulfide) groups is 1. The first-order valence-corrected chi connectivity index (χ1v) is 7.50. The van der Waals surface area contributed by atoms with Gasteiger partial charge in [0, 0.05) is 18.2 Å².